The smallest absolute Gasteiger partial charge is 0.0325 e. The Bertz CT molecular complexity index is 701. The van der Waals surface area contributed by atoms with Gasteiger partial charge in [-0.25, -0.2) is 0 Å². The molecule has 0 radical (unpaired) electrons. The Morgan fingerprint density at radius 1 is 0.773 bits per heavy atom. The number of nitrogen functional groups attached to an aromatic ring is 2. The highest BCUT2D eigenvalue weighted by Crippen LogP contribution is 2.27. The van der Waals surface area contributed by atoms with E-state index in [1.165, 1.54) is 4.90 Å². The lowest BCUT2D eigenvalue weighted by Crippen LogP contribution is -1.83. The highest BCUT2D eigenvalue weighted by Gasteiger charge is 1.96. The fourth-order valence-electron chi connectivity index (χ4n) is 1.65. The molecule has 0 unspecified atom stereocenters. The summed E-state index contributed by atoms with van der Waals surface area (Å²) in [5.74, 6) is 0. The molecule has 0 aliphatic heterocycles. The zero-order valence-corrected chi connectivity index (χ0v) is 13.6. The molecule has 0 saturated carbocycles. The summed E-state index contributed by atoms with van der Waals surface area (Å²) in [4.78, 5) is 7.20. The van der Waals surface area contributed by atoms with Crippen LogP contribution in [0.3, 0.4) is 0 Å². The molecule has 2 aromatic carbocycles. The Morgan fingerprint density at radius 3 is 1.95 bits per heavy atom. The zero-order chi connectivity index (χ0) is 15.8. The van der Waals surface area contributed by atoms with Crippen LogP contribution in [0.1, 0.15) is 0 Å². The molecule has 0 bridgehead atoms. The van der Waals surface area contributed by atoms with Gasteiger partial charge in [0.15, 0.2) is 0 Å². The minimum Gasteiger partial charge on any atom is -0.399 e. The topological polar surface area (TPSA) is 64.9 Å². The molecule has 0 amide bonds. The lowest BCUT2D eigenvalue weighted by molar-refractivity contribution is 1.26. The zero-order valence-electron chi connectivity index (χ0n) is 11.9. The van der Waals surface area contributed by atoms with Crippen molar-refractivity contribution in [1.82, 2.24) is 4.98 Å². The van der Waals surface area contributed by atoms with Crippen LogP contribution in [-0.4, -0.2) is 4.98 Å². The standard InChI is InChI=1S/C11H10N2S.C6H7NS/c12-9-2-1-3-11(8-9)14-10-4-6-13-7-5-10;7-5-2-1-3-6(8)4-5/h1-8H,12H2;1-4,8H,7H2. The third-order valence-corrected chi connectivity index (χ3v) is 3.89. The van der Waals surface area contributed by atoms with Crippen molar-refractivity contribution in [3.8, 4) is 0 Å². The summed E-state index contributed by atoms with van der Waals surface area (Å²) in [7, 11) is 0. The SMILES string of the molecule is Nc1cccc(S)c1.Nc1cccc(Sc2ccncc2)c1. The summed E-state index contributed by atoms with van der Waals surface area (Å²) in [6.45, 7) is 0. The van der Waals surface area contributed by atoms with E-state index in [0.717, 1.165) is 21.2 Å². The van der Waals surface area contributed by atoms with Crippen LogP contribution in [0.25, 0.3) is 0 Å². The third kappa shape index (κ3) is 5.71. The Labute approximate surface area is 140 Å². The molecule has 5 heteroatoms. The van der Waals surface area contributed by atoms with Crippen LogP contribution >= 0.6 is 24.4 Å². The van der Waals surface area contributed by atoms with E-state index in [9.17, 15) is 0 Å². The van der Waals surface area contributed by atoms with Crippen LogP contribution in [0.4, 0.5) is 11.4 Å². The Kier molecular flexibility index (Phi) is 6.18. The average Bonchev–Trinajstić information content (AvgIpc) is 2.49. The Morgan fingerprint density at radius 2 is 1.41 bits per heavy atom. The van der Waals surface area contributed by atoms with Gasteiger partial charge in [-0.1, -0.05) is 23.9 Å². The highest BCUT2D eigenvalue weighted by molar-refractivity contribution is 7.99. The first kappa shape index (κ1) is 16.3. The summed E-state index contributed by atoms with van der Waals surface area (Å²) < 4.78 is 0. The number of aromatic nitrogens is 1. The van der Waals surface area contributed by atoms with Crippen molar-refractivity contribution in [2.75, 3.05) is 11.5 Å². The van der Waals surface area contributed by atoms with E-state index in [2.05, 4.69) is 17.6 Å². The normalized spacial score (nSPS) is 9.68. The van der Waals surface area contributed by atoms with E-state index < -0.39 is 0 Å². The molecule has 0 spiro atoms. The molecule has 22 heavy (non-hydrogen) atoms. The van der Waals surface area contributed by atoms with Gasteiger partial charge in [0.25, 0.3) is 0 Å². The second-order valence-electron chi connectivity index (χ2n) is 4.45. The fourth-order valence-corrected chi connectivity index (χ4v) is 2.75. The number of rotatable bonds is 2. The molecule has 3 rings (SSSR count). The Hall–Kier alpha value is -2.11. The molecule has 0 atom stereocenters. The van der Waals surface area contributed by atoms with E-state index in [1.54, 1.807) is 24.2 Å². The third-order valence-electron chi connectivity index (χ3n) is 2.61. The maximum Gasteiger partial charge on any atom is 0.0325 e. The minimum absolute atomic E-state index is 0.762. The Balaban J connectivity index is 0.000000188. The lowest BCUT2D eigenvalue weighted by Gasteiger charge is -2.01. The molecular weight excluding hydrogens is 310 g/mol. The largest absolute Gasteiger partial charge is 0.399 e. The summed E-state index contributed by atoms with van der Waals surface area (Å²) >= 11 is 5.76. The van der Waals surface area contributed by atoms with E-state index in [1.807, 2.05) is 60.7 Å². The van der Waals surface area contributed by atoms with E-state index >= 15 is 0 Å². The molecule has 112 valence electrons. The van der Waals surface area contributed by atoms with Gasteiger partial charge >= 0.3 is 0 Å². The van der Waals surface area contributed by atoms with Crippen LogP contribution in [0.2, 0.25) is 0 Å². The molecule has 0 aliphatic carbocycles. The number of pyridine rings is 1. The highest BCUT2D eigenvalue weighted by atomic mass is 32.2. The number of benzene rings is 2. The number of hydrogen-bond donors (Lipinski definition) is 3. The van der Waals surface area contributed by atoms with Gasteiger partial charge in [0.05, 0.1) is 0 Å². The molecule has 0 aliphatic rings. The van der Waals surface area contributed by atoms with Crippen LogP contribution < -0.4 is 11.5 Å². The van der Waals surface area contributed by atoms with Gasteiger partial charge in [-0.2, -0.15) is 0 Å². The first-order valence-corrected chi connectivity index (χ1v) is 7.88. The van der Waals surface area contributed by atoms with Crippen LogP contribution in [-0.2, 0) is 0 Å². The fraction of sp³-hybridized carbons (Fsp3) is 0. The molecule has 0 fully saturated rings. The minimum atomic E-state index is 0.762. The van der Waals surface area contributed by atoms with Crippen molar-refractivity contribution >= 4 is 35.8 Å². The number of anilines is 2. The van der Waals surface area contributed by atoms with E-state index in [-0.39, 0.29) is 0 Å². The van der Waals surface area contributed by atoms with Crippen molar-refractivity contribution in [1.29, 1.82) is 0 Å². The van der Waals surface area contributed by atoms with Crippen molar-refractivity contribution < 1.29 is 0 Å². The van der Waals surface area contributed by atoms with Crippen LogP contribution in [0, 0.1) is 0 Å². The summed E-state index contributed by atoms with van der Waals surface area (Å²) in [5, 5.41) is 0. The van der Waals surface area contributed by atoms with Gasteiger partial charge < -0.3 is 11.5 Å². The van der Waals surface area contributed by atoms with Crippen molar-refractivity contribution in [3.63, 3.8) is 0 Å². The molecular formula is C17H17N3S2. The molecule has 1 aromatic heterocycles. The second kappa shape index (κ2) is 8.36. The number of nitrogens with two attached hydrogens (primary N) is 2. The maximum absolute atomic E-state index is 5.69. The maximum atomic E-state index is 5.69. The first-order chi connectivity index (χ1) is 10.6. The van der Waals surface area contributed by atoms with Crippen molar-refractivity contribution in [2.24, 2.45) is 0 Å². The van der Waals surface area contributed by atoms with Gasteiger partial charge in [-0.3, -0.25) is 4.98 Å². The second-order valence-corrected chi connectivity index (χ2v) is 6.12. The van der Waals surface area contributed by atoms with E-state index in [4.69, 9.17) is 11.5 Å². The molecule has 1 heterocycles. The summed E-state index contributed by atoms with van der Waals surface area (Å²) in [6, 6.07) is 19.2. The summed E-state index contributed by atoms with van der Waals surface area (Å²) in [6.07, 6.45) is 3.57. The van der Waals surface area contributed by atoms with Crippen molar-refractivity contribution in [2.45, 2.75) is 14.7 Å². The summed E-state index contributed by atoms with van der Waals surface area (Å²) in [5.41, 5.74) is 12.7. The number of hydrogen-bond acceptors (Lipinski definition) is 5. The van der Waals surface area contributed by atoms with Gasteiger partial charge in [-0.15, -0.1) is 12.6 Å². The van der Waals surface area contributed by atoms with Gasteiger partial charge in [-0.05, 0) is 48.5 Å². The molecule has 0 saturated heterocycles. The molecule has 4 N–H and O–H groups in total. The van der Waals surface area contributed by atoms with Gasteiger partial charge in [0.1, 0.15) is 0 Å². The molecule has 3 aromatic rings. The van der Waals surface area contributed by atoms with Gasteiger partial charge in [0, 0.05) is 38.5 Å². The van der Waals surface area contributed by atoms with Crippen LogP contribution in [0.15, 0.2) is 87.7 Å². The predicted octanol–water partition coefficient (Wildman–Crippen LogP) is 4.37. The van der Waals surface area contributed by atoms with Crippen molar-refractivity contribution in [3.05, 3.63) is 73.1 Å². The lowest BCUT2D eigenvalue weighted by atomic mass is 10.3. The van der Waals surface area contributed by atoms with Crippen LogP contribution in [0.5, 0.6) is 0 Å². The predicted molar refractivity (Wildman–Crippen MR) is 97.3 cm³/mol. The molecule has 3 nitrogen and oxygen atoms in total. The number of nitrogens with zero attached hydrogens (tertiary/aromatic N) is 1. The number of thiol groups is 1. The van der Waals surface area contributed by atoms with Gasteiger partial charge in [0.2, 0.25) is 0 Å². The quantitative estimate of drug-likeness (QED) is 0.483. The average molecular weight is 327 g/mol. The monoisotopic (exact) mass is 327 g/mol. The van der Waals surface area contributed by atoms with E-state index in [0.29, 0.717) is 0 Å². The first-order valence-electron chi connectivity index (χ1n) is 6.61.